The van der Waals surface area contributed by atoms with E-state index in [1.807, 2.05) is 0 Å². The fourth-order valence-electron chi connectivity index (χ4n) is 1.54. The standard InChI is InChI=1S/C13H19NO4S/c1-10(2)5-4-8-18-13(15)11-6-3-7-12(9-11)19(14,16)17/h3,6-7,9-10H,4-5,8H2,1-2H3,(H2,14,16,17). The summed E-state index contributed by atoms with van der Waals surface area (Å²) in [5, 5.41) is 5.00. The third-order valence-electron chi connectivity index (χ3n) is 2.56. The van der Waals surface area contributed by atoms with Crippen LogP contribution in [0.3, 0.4) is 0 Å². The van der Waals surface area contributed by atoms with E-state index in [1.165, 1.54) is 24.3 Å². The zero-order valence-corrected chi connectivity index (χ0v) is 11.9. The van der Waals surface area contributed by atoms with Crippen LogP contribution in [0.25, 0.3) is 0 Å². The lowest BCUT2D eigenvalue weighted by molar-refractivity contribution is 0.0494. The van der Waals surface area contributed by atoms with Gasteiger partial charge in [0.25, 0.3) is 0 Å². The zero-order chi connectivity index (χ0) is 14.5. The van der Waals surface area contributed by atoms with Crippen LogP contribution < -0.4 is 5.14 Å². The van der Waals surface area contributed by atoms with Crippen molar-refractivity contribution >= 4 is 16.0 Å². The monoisotopic (exact) mass is 285 g/mol. The Bertz CT molecular complexity index is 537. The van der Waals surface area contributed by atoms with Gasteiger partial charge in [0, 0.05) is 0 Å². The second-order valence-corrected chi connectivity index (χ2v) is 6.31. The van der Waals surface area contributed by atoms with E-state index >= 15 is 0 Å². The Morgan fingerprint density at radius 1 is 1.37 bits per heavy atom. The van der Waals surface area contributed by atoms with E-state index < -0.39 is 16.0 Å². The van der Waals surface area contributed by atoms with E-state index in [1.54, 1.807) is 0 Å². The van der Waals surface area contributed by atoms with Crippen molar-refractivity contribution in [2.24, 2.45) is 11.1 Å². The maximum atomic E-state index is 11.7. The highest BCUT2D eigenvalue weighted by molar-refractivity contribution is 7.89. The van der Waals surface area contributed by atoms with E-state index in [0.29, 0.717) is 12.5 Å². The van der Waals surface area contributed by atoms with Gasteiger partial charge in [-0.05, 0) is 37.0 Å². The topological polar surface area (TPSA) is 86.5 Å². The summed E-state index contributed by atoms with van der Waals surface area (Å²) in [5.41, 5.74) is 0.191. The summed E-state index contributed by atoms with van der Waals surface area (Å²) in [6.45, 7) is 4.52. The number of rotatable bonds is 6. The van der Waals surface area contributed by atoms with Crippen LogP contribution >= 0.6 is 0 Å². The Kier molecular flexibility index (Phi) is 5.50. The molecular weight excluding hydrogens is 266 g/mol. The number of hydrogen-bond donors (Lipinski definition) is 1. The van der Waals surface area contributed by atoms with Gasteiger partial charge < -0.3 is 4.74 Å². The van der Waals surface area contributed by atoms with Crippen LogP contribution in [0.4, 0.5) is 0 Å². The van der Waals surface area contributed by atoms with Gasteiger partial charge in [-0.1, -0.05) is 19.9 Å². The Labute approximate surface area is 113 Å². The van der Waals surface area contributed by atoms with Gasteiger partial charge in [-0.2, -0.15) is 0 Å². The highest BCUT2D eigenvalue weighted by atomic mass is 32.2. The molecule has 5 nitrogen and oxygen atoms in total. The largest absolute Gasteiger partial charge is 0.462 e. The molecular formula is C13H19NO4S. The minimum Gasteiger partial charge on any atom is -0.462 e. The van der Waals surface area contributed by atoms with Crippen molar-refractivity contribution in [3.8, 4) is 0 Å². The first-order chi connectivity index (χ1) is 8.80. The number of hydrogen-bond acceptors (Lipinski definition) is 4. The molecule has 0 amide bonds. The van der Waals surface area contributed by atoms with E-state index in [2.05, 4.69) is 13.8 Å². The minimum atomic E-state index is -3.80. The molecule has 0 atom stereocenters. The first-order valence-corrected chi connectivity index (χ1v) is 7.65. The van der Waals surface area contributed by atoms with Gasteiger partial charge in [-0.25, -0.2) is 18.4 Å². The highest BCUT2D eigenvalue weighted by Crippen LogP contribution is 2.11. The number of carbonyl (C=O) groups excluding carboxylic acids is 1. The molecule has 0 unspecified atom stereocenters. The summed E-state index contributed by atoms with van der Waals surface area (Å²) in [6.07, 6.45) is 1.77. The summed E-state index contributed by atoms with van der Waals surface area (Å²) < 4.78 is 27.4. The van der Waals surface area contributed by atoms with E-state index in [0.717, 1.165) is 12.8 Å². The van der Waals surface area contributed by atoms with Crippen LogP contribution in [-0.2, 0) is 14.8 Å². The summed E-state index contributed by atoms with van der Waals surface area (Å²) in [7, 11) is -3.80. The Morgan fingerprint density at radius 2 is 2.05 bits per heavy atom. The van der Waals surface area contributed by atoms with Gasteiger partial charge >= 0.3 is 5.97 Å². The van der Waals surface area contributed by atoms with Gasteiger partial charge in [0.1, 0.15) is 0 Å². The molecule has 0 saturated carbocycles. The lowest BCUT2D eigenvalue weighted by Gasteiger charge is -2.07. The molecule has 0 radical (unpaired) electrons. The molecule has 1 rings (SSSR count). The fraction of sp³-hybridized carbons (Fsp3) is 0.462. The van der Waals surface area contributed by atoms with Crippen molar-refractivity contribution in [3.63, 3.8) is 0 Å². The van der Waals surface area contributed by atoms with Gasteiger partial charge in [0.15, 0.2) is 0 Å². The molecule has 0 spiro atoms. The molecule has 106 valence electrons. The predicted octanol–water partition coefficient (Wildman–Crippen LogP) is 1.93. The molecule has 0 saturated heterocycles. The predicted molar refractivity (Wildman–Crippen MR) is 72.2 cm³/mol. The maximum absolute atomic E-state index is 11.7. The lowest BCUT2D eigenvalue weighted by atomic mass is 10.1. The molecule has 6 heteroatoms. The number of benzene rings is 1. The van der Waals surface area contributed by atoms with Gasteiger partial charge in [-0.15, -0.1) is 0 Å². The number of sulfonamides is 1. The molecule has 0 aromatic heterocycles. The van der Waals surface area contributed by atoms with Crippen LogP contribution in [0.1, 0.15) is 37.0 Å². The SMILES string of the molecule is CC(C)CCCOC(=O)c1cccc(S(N)(=O)=O)c1. The van der Waals surface area contributed by atoms with Crippen LogP contribution in [-0.4, -0.2) is 21.0 Å². The maximum Gasteiger partial charge on any atom is 0.338 e. The molecule has 1 aromatic carbocycles. The van der Waals surface area contributed by atoms with E-state index in [-0.39, 0.29) is 10.5 Å². The molecule has 0 aliphatic rings. The average Bonchev–Trinajstić information content (AvgIpc) is 2.33. The zero-order valence-electron chi connectivity index (χ0n) is 11.1. The molecule has 0 bridgehead atoms. The van der Waals surface area contributed by atoms with Crippen molar-refractivity contribution in [1.29, 1.82) is 0 Å². The second kappa shape index (κ2) is 6.68. The second-order valence-electron chi connectivity index (χ2n) is 4.74. The average molecular weight is 285 g/mol. The van der Waals surface area contributed by atoms with Gasteiger partial charge in [0.05, 0.1) is 17.1 Å². The number of primary sulfonamides is 1. The number of carbonyl (C=O) groups is 1. The lowest BCUT2D eigenvalue weighted by Crippen LogP contribution is -2.14. The van der Waals surface area contributed by atoms with Gasteiger partial charge in [-0.3, -0.25) is 0 Å². The molecule has 1 aromatic rings. The van der Waals surface area contributed by atoms with Crippen molar-refractivity contribution in [2.45, 2.75) is 31.6 Å². The molecule has 0 heterocycles. The van der Waals surface area contributed by atoms with Crippen LogP contribution in [0.15, 0.2) is 29.2 Å². The smallest absolute Gasteiger partial charge is 0.338 e. The molecule has 0 aliphatic heterocycles. The van der Waals surface area contributed by atoms with Crippen LogP contribution in [0, 0.1) is 5.92 Å². The van der Waals surface area contributed by atoms with Crippen molar-refractivity contribution in [1.82, 2.24) is 0 Å². The third kappa shape index (κ3) is 5.40. The van der Waals surface area contributed by atoms with Crippen LogP contribution in [0.5, 0.6) is 0 Å². The molecule has 0 fully saturated rings. The summed E-state index contributed by atoms with van der Waals surface area (Å²) in [5.74, 6) is 0.0265. The third-order valence-corrected chi connectivity index (χ3v) is 3.47. The molecule has 0 aliphatic carbocycles. The number of ether oxygens (including phenoxy) is 1. The first-order valence-electron chi connectivity index (χ1n) is 6.10. The van der Waals surface area contributed by atoms with E-state index in [9.17, 15) is 13.2 Å². The molecule has 19 heavy (non-hydrogen) atoms. The van der Waals surface area contributed by atoms with E-state index in [4.69, 9.17) is 9.88 Å². The molecule has 2 N–H and O–H groups in total. The quantitative estimate of drug-likeness (QED) is 0.639. The minimum absolute atomic E-state index is 0.0934. The van der Waals surface area contributed by atoms with Crippen LogP contribution in [0.2, 0.25) is 0 Å². The van der Waals surface area contributed by atoms with Crippen molar-refractivity contribution in [3.05, 3.63) is 29.8 Å². The summed E-state index contributed by atoms with van der Waals surface area (Å²) in [4.78, 5) is 11.6. The highest BCUT2D eigenvalue weighted by Gasteiger charge is 2.12. The number of nitrogens with two attached hydrogens (primary N) is 1. The Morgan fingerprint density at radius 3 is 2.63 bits per heavy atom. The van der Waals surface area contributed by atoms with Crippen molar-refractivity contribution in [2.75, 3.05) is 6.61 Å². The van der Waals surface area contributed by atoms with Crippen molar-refractivity contribution < 1.29 is 17.9 Å². The fourth-order valence-corrected chi connectivity index (χ4v) is 2.10. The first kappa shape index (κ1) is 15.7. The normalized spacial score (nSPS) is 11.6. The Hall–Kier alpha value is -1.40. The summed E-state index contributed by atoms with van der Waals surface area (Å²) in [6, 6.07) is 5.52. The Balaban J connectivity index is 2.63. The van der Waals surface area contributed by atoms with Gasteiger partial charge in [0.2, 0.25) is 10.0 Å². The summed E-state index contributed by atoms with van der Waals surface area (Å²) >= 11 is 0. The number of esters is 1.